The van der Waals surface area contributed by atoms with E-state index >= 15 is 0 Å². The minimum Gasteiger partial charge on any atom is -0.353 e. The highest BCUT2D eigenvalue weighted by atomic mass is 16.1. The van der Waals surface area contributed by atoms with Crippen molar-refractivity contribution in [3.05, 3.63) is 0 Å². The molecule has 3 N–H and O–H groups in total. The number of amides is 1. The number of rotatable bonds is 1. The zero-order valence-corrected chi connectivity index (χ0v) is 8.76. The number of nitrogens with one attached hydrogen (secondary N) is 1. The second kappa shape index (κ2) is 3.66. The molecule has 0 saturated carbocycles. The molecule has 0 radical (unpaired) electrons. The zero-order valence-electron chi connectivity index (χ0n) is 8.76. The van der Waals surface area contributed by atoms with Crippen molar-refractivity contribution in [2.45, 2.75) is 52.1 Å². The van der Waals surface area contributed by atoms with Gasteiger partial charge in [-0.15, -0.1) is 0 Å². The van der Waals surface area contributed by atoms with Gasteiger partial charge in [-0.1, -0.05) is 20.8 Å². The Labute approximate surface area is 80.1 Å². The average Bonchev–Trinajstić information content (AvgIpc) is 1.78. The monoisotopic (exact) mass is 184 g/mol. The summed E-state index contributed by atoms with van der Waals surface area (Å²) in [6.07, 6.45) is 2.41. The number of piperidine rings is 1. The summed E-state index contributed by atoms with van der Waals surface area (Å²) in [5.74, 6) is 0.105. The summed E-state index contributed by atoms with van der Waals surface area (Å²) in [6, 6.07) is 0.331. The number of carbonyl (C=O) groups excluding carboxylic acids is 1. The summed E-state index contributed by atoms with van der Waals surface area (Å²) in [5.41, 5.74) is 6.03. The molecule has 1 fully saturated rings. The zero-order chi connectivity index (χ0) is 10.1. The Balaban J connectivity index is 2.46. The fourth-order valence-corrected chi connectivity index (χ4v) is 1.91. The van der Waals surface area contributed by atoms with E-state index in [1.165, 1.54) is 0 Å². The molecule has 1 rings (SSSR count). The Morgan fingerprint density at radius 1 is 1.54 bits per heavy atom. The van der Waals surface area contributed by atoms with Crippen LogP contribution in [-0.2, 0) is 4.79 Å². The van der Waals surface area contributed by atoms with Crippen LogP contribution in [0.3, 0.4) is 0 Å². The normalized spacial score (nSPS) is 30.0. The number of carbonyl (C=O) groups is 1. The predicted octanol–water partition coefficient (Wildman–Crippen LogP) is 1.03. The number of hydrogen-bond donors (Lipinski definition) is 2. The number of hydrogen-bond acceptors (Lipinski definition) is 2. The molecule has 1 aliphatic rings. The van der Waals surface area contributed by atoms with Crippen LogP contribution in [0.2, 0.25) is 0 Å². The molecule has 76 valence electrons. The highest BCUT2D eigenvalue weighted by molar-refractivity contribution is 5.77. The molecule has 1 saturated heterocycles. The second-order valence-electron chi connectivity index (χ2n) is 5.23. The van der Waals surface area contributed by atoms with Gasteiger partial charge in [-0.2, -0.15) is 0 Å². The molecule has 0 aromatic rings. The van der Waals surface area contributed by atoms with Gasteiger partial charge >= 0.3 is 0 Å². The topological polar surface area (TPSA) is 55.1 Å². The van der Waals surface area contributed by atoms with E-state index < -0.39 is 0 Å². The molecule has 1 amide bonds. The van der Waals surface area contributed by atoms with E-state index in [1.54, 1.807) is 0 Å². The first-order valence-electron chi connectivity index (χ1n) is 4.92. The molecule has 0 aliphatic carbocycles. The highest BCUT2D eigenvalue weighted by Crippen LogP contribution is 2.24. The maximum absolute atomic E-state index is 11.2. The van der Waals surface area contributed by atoms with Gasteiger partial charge in [0.1, 0.15) is 0 Å². The molecule has 0 aromatic heterocycles. The Bertz CT molecular complexity index is 196. The van der Waals surface area contributed by atoms with Crippen molar-refractivity contribution < 1.29 is 4.79 Å². The lowest BCUT2D eigenvalue weighted by Crippen LogP contribution is -2.48. The van der Waals surface area contributed by atoms with Crippen molar-refractivity contribution in [2.75, 3.05) is 0 Å². The van der Waals surface area contributed by atoms with Crippen LogP contribution in [0.5, 0.6) is 0 Å². The van der Waals surface area contributed by atoms with Crippen LogP contribution < -0.4 is 11.1 Å². The Hall–Kier alpha value is -0.570. The lowest BCUT2D eigenvalue weighted by Gasteiger charge is -2.32. The van der Waals surface area contributed by atoms with E-state index in [4.69, 9.17) is 5.73 Å². The van der Waals surface area contributed by atoms with Crippen molar-refractivity contribution >= 4 is 5.91 Å². The highest BCUT2D eigenvalue weighted by Gasteiger charge is 2.27. The second-order valence-corrected chi connectivity index (χ2v) is 5.23. The maximum atomic E-state index is 11.2. The Kier molecular flexibility index (Phi) is 2.96. The molecular formula is C10H20N2O. The first-order valence-corrected chi connectivity index (χ1v) is 4.92. The smallest absolute Gasteiger partial charge is 0.221 e. The quantitative estimate of drug-likeness (QED) is 0.639. The Morgan fingerprint density at radius 2 is 2.15 bits per heavy atom. The van der Waals surface area contributed by atoms with Crippen LogP contribution >= 0.6 is 0 Å². The fraction of sp³-hybridized carbons (Fsp3) is 0.900. The summed E-state index contributed by atoms with van der Waals surface area (Å²) in [5, 5.41) is 2.98. The largest absolute Gasteiger partial charge is 0.353 e. The van der Waals surface area contributed by atoms with Gasteiger partial charge in [0.2, 0.25) is 5.91 Å². The van der Waals surface area contributed by atoms with Crippen LogP contribution in [0, 0.1) is 5.41 Å². The Morgan fingerprint density at radius 3 is 2.62 bits per heavy atom. The third-order valence-electron chi connectivity index (χ3n) is 2.26. The molecule has 1 heterocycles. The SMILES string of the molecule is CC(C)(C)CC1CC(N)CC(=O)N1. The fourth-order valence-electron chi connectivity index (χ4n) is 1.91. The van der Waals surface area contributed by atoms with Crippen molar-refractivity contribution in [1.29, 1.82) is 0 Å². The van der Waals surface area contributed by atoms with E-state index in [0.717, 1.165) is 12.8 Å². The minimum atomic E-state index is 0.0566. The molecule has 3 nitrogen and oxygen atoms in total. The van der Waals surface area contributed by atoms with Crippen LogP contribution in [0.1, 0.15) is 40.0 Å². The minimum absolute atomic E-state index is 0.0566. The van der Waals surface area contributed by atoms with Gasteiger partial charge in [-0.05, 0) is 18.3 Å². The van der Waals surface area contributed by atoms with E-state index in [-0.39, 0.29) is 23.4 Å². The van der Waals surface area contributed by atoms with Crippen LogP contribution in [0.4, 0.5) is 0 Å². The van der Waals surface area contributed by atoms with E-state index in [2.05, 4.69) is 26.1 Å². The summed E-state index contributed by atoms with van der Waals surface area (Å²) in [6.45, 7) is 6.54. The summed E-state index contributed by atoms with van der Waals surface area (Å²) < 4.78 is 0. The molecule has 1 aliphatic heterocycles. The third-order valence-corrected chi connectivity index (χ3v) is 2.26. The van der Waals surface area contributed by atoms with E-state index in [0.29, 0.717) is 6.42 Å². The summed E-state index contributed by atoms with van der Waals surface area (Å²) in [4.78, 5) is 11.2. The third kappa shape index (κ3) is 3.77. The van der Waals surface area contributed by atoms with Gasteiger partial charge in [-0.3, -0.25) is 4.79 Å². The van der Waals surface area contributed by atoms with E-state index in [1.807, 2.05) is 0 Å². The van der Waals surface area contributed by atoms with Crippen molar-refractivity contribution in [3.8, 4) is 0 Å². The van der Waals surface area contributed by atoms with Gasteiger partial charge < -0.3 is 11.1 Å². The first kappa shape index (κ1) is 10.5. The number of nitrogens with two attached hydrogens (primary N) is 1. The van der Waals surface area contributed by atoms with Crippen molar-refractivity contribution in [1.82, 2.24) is 5.32 Å². The lowest BCUT2D eigenvalue weighted by molar-refractivity contribution is -0.123. The summed E-state index contributed by atoms with van der Waals surface area (Å²) in [7, 11) is 0. The molecule has 3 heteroatoms. The molecular weight excluding hydrogens is 164 g/mol. The summed E-state index contributed by atoms with van der Waals surface area (Å²) >= 11 is 0. The van der Waals surface area contributed by atoms with Crippen LogP contribution in [-0.4, -0.2) is 18.0 Å². The molecule has 0 bridgehead atoms. The molecule has 2 unspecified atom stereocenters. The first-order chi connectivity index (χ1) is 5.87. The molecule has 2 atom stereocenters. The standard InChI is InChI=1S/C10H20N2O/c1-10(2,3)6-8-4-7(11)5-9(13)12-8/h7-8H,4-6,11H2,1-3H3,(H,12,13). The van der Waals surface area contributed by atoms with E-state index in [9.17, 15) is 4.79 Å². The van der Waals surface area contributed by atoms with Crippen molar-refractivity contribution in [2.24, 2.45) is 11.1 Å². The van der Waals surface area contributed by atoms with Gasteiger partial charge in [0, 0.05) is 18.5 Å². The van der Waals surface area contributed by atoms with Gasteiger partial charge in [0.15, 0.2) is 0 Å². The van der Waals surface area contributed by atoms with Gasteiger partial charge in [-0.25, -0.2) is 0 Å². The van der Waals surface area contributed by atoms with Crippen molar-refractivity contribution in [3.63, 3.8) is 0 Å². The van der Waals surface area contributed by atoms with Crippen LogP contribution in [0.25, 0.3) is 0 Å². The molecule has 0 aromatic carbocycles. The molecule has 0 spiro atoms. The van der Waals surface area contributed by atoms with Crippen LogP contribution in [0.15, 0.2) is 0 Å². The predicted molar refractivity (Wildman–Crippen MR) is 53.2 cm³/mol. The van der Waals surface area contributed by atoms with Gasteiger partial charge in [0.05, 0.1) is 0 Å². The van der Waals surface area contributed by atoms with Gasteiger partial charge in [0.25, 0.3) is 0 Å². The lowest BCUT2D eigenvalue weighted by atomic mass is 9.84. The maximum Gasteiger partial charge on any atom is 0.221 e. The molecule has 13 heavy (non-hydrogen) atoms. The average molecular weight is 184 g/mol.